The Morgan fingerprint density at radius 1 is 1.17 bits per heavy atom. The van der Waals surface area contributed by atoms with Crippen LogP contribution < -0.4 is 10.1 Å². The number of ether oxygens (including phenoxy) is 1. The van der Waals surface area contributed by atoms with Crippen LogP contribution in [0.2, 0.25) is 0 Å². The van der Waals surface area contributed by atoms with Gasteiger partial charge in [0.25, 0.3) is 5.91 Å². The molecule has 6 nitrogen and oxygen atoms in total. The number of aromatic nitrogens is 3. The fourth-order valence-electron chi connectivity index (χ4n) is 3.00. The zero-order valence-corrected chi connectivity index (χ0v) is 16.9. The molecule has 0 aliphatic carbocycles. The minimum Gasteiger partial charge on any atom is -0.497 e. The molecule has 2 aromatic heterocycles. The largest absolute Gasteiger partial charge is 0.497 e. The number of carbonyl (C=O) groups is 1. The van der Waals surface area contributed by atoms with Gasteiger partial charge in [0, 0.05) is 17.1 Å². The zero-order chi connectivity index (χ0) is 20.2. The average Bonchev–Trinajstić information content (AvgIpc) is 3.35. The van der Waals surface area contributed by atoms with Gasteiger partial charge in [-0.05, 0) is 24.6 Å². The molecule has 1 N–H and O–H groups in total. The SMILES string of the molecule is COc1cccc(-c2nn(Cc3ccccc3)cc2C(=O)Nc2nc(C)cs2)c1. The van der Waals surface area contributed by atoms with Crippen LogP contribution in [0.25, 0.3) is 11.3 Å². The van der Waals surface area contributed by atoms with Gasteiger partial charge in [0.2, 0.25) is 0 Å². The Kier molecular flexibility index (Phi) is 5.39. The lowest BCUT2D eigenvalue weighted by Gasteiger charge is -2.05. The van der Waals surface area contributed by atoms with Gasteiger partial charge < -0.3 is 4.74 Å². The van der Waals surface area contributed by atoms with Gasteiger partial charge in [-0.2, -0.15) is 5.10 Å². The molecule has 0 bridgehead atoms. The first kappa shape index (κ1) is 18.9. The Morgan fingerprint density at radius 3 is 2.72 bits per heavy atom. The first-order valence-electron chi connectivity index (χ1n) is 9.11. The van der Waals surface area contributed by atoms with Crippen molar-refractivity contribution in [3.8, 4) is 17.0 Å². The zero-order valence-electron chi connectivity index (χ0n) is 16.1. The number of aryl methyl sites for hydroxylation is 1. The van der Waals surface area contributed by atoms with Crippen LogP contribution in [0.3, 0.4) is 0 Å². The molecule has 0 spiro atoms. The van der Waals surface area contributed by atoms with Crippen molar-refractivity contribution in [2.45, 2.75) is 13.5 Å². The molecule has 4 aromatic rings. The van der Waals surface area contributed by atoms with Crippen LogP contribution in [0.15, 0.2) is 66.2 Å². The third-order valence-corrected chi connectivity index (χ3v) is 5.25. The molecule has 146 valence electrons. The van der Waals surface area contributed by atoms with Crippen LogP contribution >= 0.6 is 11.3 Å². The Labute approximate surface area is 172 Å². The normalized spacial score (nSPS) is 10.7. The van der Waals surface area contributed by atoms with Crippen molar-refractivity contribution in [1.29, 1.82) is 0 Å². The summed E-state index contributed by atoms with van der Waals surface area (Å²) in [5.74, 6) is 0.471. The minimum absolute atomic E-state index is 0.239. The highest BCUT2D eigenvalue weighted by Crippen LogP contribution is 2.27. The van der Waals surface area contributed by atoms with Crippen LogP contribution in [-0.4, -0.2) is 27.8 Å². The predicted octanol–water partition coefficient (Wildman–Crippen LogP) is 4.62. The summed E-state index contributed by atoms with van der Waals surface area (Å²) in [6.07, 6.45) is 1.78. The van der Waals surface area contributed by atoms with Gasteiger partial charge in [0.15, 0.2) is 5.13 Å². The van der Waals surface area contributed by atoms with Crippen molar-refractivity contribution in [2.24, 2.45) is 0 Å². The fraction of sp³-hybridized carbons (Fsp3) is 0.136. The molecular formula is C22H20N4O2S. The van der Waals surface area contributed by atoms with Gasteiger partial charge in [0.05, 0.1) is 24.9 Å². The van der Waals surface area contributed by atoms with Gasteiger partial charge >= 0.3 is 0 Å². The van der Waals surface area contributed by atoms with E-state index >= 15 is 0 Å². The molecule has 1 amide bonds. The van der Waals surface area contributed by atoms with Crippen LogP contribution in [0.1, 0.15) is 21.6 Å². The molecule has 0 saturated carbocycles. The van der Waals surface area contributed by atoms with Gasteiger partial charge in [0.1, 0.15) is 11.4 Å². The molecule has 0 saturated heterocycles. The number of carbonyl (C=O) groups excluding carboxylic acids is 1. The molecule has 0 aliphatic heterocycles. The number of amides is 1. The standard InChI is InChI=1S/C22H20N4O2S/c1-15-14-29-22(23-15)24-21(27)19-13-26(12-16-7-4-3-5-8-16)25-20(19)17-9-6-10-18(11-17)28-2/h3-11,13-14H,12H2,1-2H3,(H,23,24,27). The summed E-state index contributed by atoms with van der Waals surface area (Å²) >= 11 is 1.40. The molecule has 29 heavy (non-hydrogen) atoms. The van der Waals surface area contributed by atoms with E-state index in [9.17, 15) is 4.79 Å². The predicted molar refractivity (Wildman–Crippen MR) is 115 cm³/mol. The molecule has 0 radical (unpaired) electrons. The van der Waals surface area contributed by atoms with Gasteiger partial charge in [-0.3, -0.25) is 14.8 Å². The number of hydrogen-bond donors (Lipinski definition) is 1. The molecule has 0 atom stereocenters. The van der Waals surface area contributed by atoms with Crippen molar-refractivity contribution < 1.29 is 9.53 Å². The van der Waals surface area contributed by atoms with Gasteiger partial charge in [-0.25, -0.2) is 4.98 Å². The number of rotatable bonds is 6. The summed E-state index contributed by atoms with van der Waals surface area (Å²) in [7, 11) is 1.62. The molecule has 0 fully saturated rings. The smallest absolute Gasteiger partial charge is 0.261 e. The molecule has 2 aromatic carbocycles. The second kappa shape index (κ2) is 8.28. The van der Waals surface area contributed by atoms with Gasteiger partial charge in [-0.15, -0.1) is 11.3 Å². The molecule has 0 aliphatic rings. The Hall–Kier alpha value is -3.45. The summed E-state index contributed by atoms with van der Waals surface area (Å²) in [5.41, 5.74) is 3.89. The number of thiazole rings is 1. The highest BCUT2D eigenvalue weighted by molar-refractivity contribution is 7.13. The Bertz CT molecular complexity index is 1130. The first-order chi connectivity index (χ1) is 14.1. The number of anilines is 1. The van der Waals surface area contributed by atoms with E-state index in [4.69, 9.17) is 9.84 Å². The minimum atomic E-state index is -0.239. The maximum Gasteiger partial charge on any atom is 0.261 e. The van der Waals surface area contributed by atoms with Crippen molar-refractivity contribution in [3.05, 3.63) is 83.0 Å². The van der Waals surface area contributed by atoms with Crippen LogP contribution in [-0.2, 0) is 6.54 Å². The summed E-state index contributed by atoms with van der Waals surface area (Å²) < 4.78 is 7.12. The monoisotopic (exact) mass is 404 g/mol. The lowest BCUT2D eigenvalue weighted by molar-refractivity contribution is 0.102. The Morgan fingerprint density at radius 2 is 2.00 bits per heavy atom. The van der Waals surface area contributed by atoms with Crippen LogP contribution in [0, 0.1) is 6.92 Å². The van der Waals surface area contributed by atoms with E-state index in [1.165, 1.54) is 11.3 Å². The quantitative estimate of drug-likeness (QED) is 0.509. The molecule has 4 rings (SSSR count). The molecule has 7 heteroatoms. The second-order valence-electron chi connectivity index (χ2n) is 6.55. The molecule has 0 unspecified atom stereocenters. The Balaban J connectivity index is 1.71. The maximum absolute atomic E-state index is 13.0. The third kappa shape index (κ3) is 4.35. The van der Waals surface area contributed by atoms with Crippen LogP contribution in [0.5, 0.6) is 5.75 Å². The van der Waals surface area contributed by atoms with Crippen LogP contribution in [0.4, 0.5) is 5.13 Å². The number of hydrogen-bond acceptors (Lipinski definition) is 5. The number of nitrogens with zero attached hydrogens (tertiary/aromatic N) is 3. The lowest BCUT2D eigenvalue weighted by atomic mass is 10.1. The average molecular weight is 404 g/mol. The second-order valence-corrected chi connectivity index (χ2v) is 7.41. The maximum atomic E-state index is 13.0. The molecule has 2 heterocycles. The summed E-state index contributed by atoms with van der Waals surface area (Å²) in [6, 6.07) is 17.6. The van der Waals surface area contributed by atoms with E-state index in [1.54, 1.807) is 18.0 Å². The summed E-state index contributed by atoms with van der Waals surface area (Å²) in [4.78, 5) is 17.3. The highest BCUT2D eigenvalue weighted by Gasteiger charge is 2.19. The van der Waals surface area contributed by atoms with E-state index in [-0.39, 0.29) is 5.91 Å². The van der Waals surface area contributed by atoms with Crippen molar-refractivity contribution in [2.75, 3.05) is 12.4 Å². The van der Waals surface area contributed by atoms with Crippen molar-refractivity contribution in [3.63, 3.8) is 0 Å². The van der Waals surface area contributed by atoms with E-state index in [0.717, 1.165) is 16.8 Å². The van der Waals surface area contributed by atoms with Crippen molar-refractivity contribution in [1.82, 2.24) is 14.8 Å². The van der Waals surface area contributed by atoms with E-state index in [2.05, 4.69) is 10.3 Å². The highest BCUT2D eigenvalue weighted by atomic mass is 32.1. The topological polar surface area (TPSA) is 69.0 Å². The first-order valence-corrected chi connectivity index (χ1v) is 9.99. The number of nitrogens with one attached hydrogen (secondary N) is 1. The number of benzene rings is 2. The van der Waals surface area contributed by atoms with Crippen molar-refractivity contribution >= 4 is 22.4 Å². The van der Waals surface area contributed by atoms with E-state index in [1.807, 2.05) is 66.9 Å². The summed E-state index contributed by atoms with van der Waals surface area (Å²) in [6.45, 7) is 2.47. The third-order valence-electron chi connectivity index (χ3n) is 4.38. The van der Waals surface area contributed by atoms with Gasteiger partial charge in [-0.1, -0.05) is 42.5 Å². The summed E-state index contributed by atoms with van der Waals surface area (Å²) in [5, 5.41) is 10.1. The van der Waals surface area contributed by atoms with E-state index < -0.39 is 0 Å². The lowest BCUT2D eigenvalue weighted by Crippen LogP contribution is -2.12. The van der Waals surface area contributed by atoms with E-state index in [0.29, 0.717) is 28.7 Å². The number of methoxy groups -OCH3 is 1. The fourth-order valence-corrected chi connectivity index (χ4v) is 3.68. The molecular weight excluding hydrogens is 384 g/mol.